The molecule has 1 atom stereocenters. The van der Waals surface area contributed by atoms with Crippen molar-refractivity contribution < 1.29 is 24.2 Å². The average molecular weight is 447 g/mol. The maximum atomic E-state index is 12.0. The first-order valence-electron chi connectivity index (χ1n) is 10.7. The summed E-state index contributed by atoms with van der Waals surface area (Å²) < 4.78 is 5.36. The van der Waals surface area contributed by atoms with Gasteiger partial charge >= 0.3 is 5.97 Å². The molecule has 2 amide bonds. The summed E-state index contributed by atoms with van der Waals surface area (Å²) in [6.45, 7) is 13.7. The Morgan fingerprint density at radius 3 is 2.10 bits per heavy atom. The lowest BCUT2D eigenvalue weighted by Gasteiger charge is -2.18. The number of aliphatic carboxylic acids is 1. The molecule has 176 valence electrons. The van der Waals surface area contributed by atoms with Crippen molar-refractivity contribution in [3.63, 3.8) is 0 Å². The van der Waals surface area contributed by atoms with Crippen LogP contribution in [0.25, 0.3) is 0 Å². The lowest BCUT2D eigenvalue weighted by Crippen LogP contribution is -2.41. The van der Waals surface area contributed by atoms with Gasteiger partial charge in [0.15, 0.2) is 0 Å². The lowest BCUT2D eigenvalue weighted by atomic mass is 9.90. The number of carboxylic acids is 1. The van der Waals surface area contributed by atoms with Gasteiger partial charge in [-0.15, -0.1) is 0 Å². The quantitative estimate of drug-likeness (QED) is 0.333. The van der Waals surface area contributed by atoms with E-state index in [1.807, 2.05) is 0 Å². The normalized spacial score (nSPS) is 13.0. The minimum Gasteiger partial charge on any atom is -0.480 e. The SMILES string of the molecule is CC(C)(C)CCSCC[C@H](NC(=O)CCOCCNC(=O)CCC(C)(C)C)C(=O)O. The van der Waals surface area contributed by atoms with Crippen LogP contribution in [0.3, 0.4) is 0 Å². The van der Waals surface area contributed by atoms with Gasteiger partial charge in [0.25, 0.3) is 0 Å². The molecule has 0 aromatic carbocycles. The van der Waals surface area contributed by atoms with E-state index in [4.69, 9.17) is 4.74 Å². The first-order chi connectivity index (χ1) is 13.8. The molecule has 3 N–H and O–H groups in total. The summed E-state index contributed by atoms with van der Waals surface area (Å²) in [6, 6.07) is -0.873. The molecule has 0 fully saturated rings. The predicted molar refractivity (Wildman–Crippen MR) is 123 cm³/mol. The smallest absolute Gasteiger partial charge is 0.326 e. The average Bonchev–Trinajstić information content (AvgIpc) is 2.59. The molecular weight excluding hydrogens is 404 g/mol. The van der Waals surface area contributed by atoms with Crippen LogP contribution in [0.4, 0.5) is 0 Å². The first kappa shape index (κ1) is 28.7. The van der Waals surface area contributed by atoms with Crippen LogP contribution >= 0.6 is 11.8 Å². The van der Waals surface area contributed by atoms with Crippen molar-refractivity contribution in [2.75, 3.05) is 31.3 Å². The molecule has 0 aliphatic rings. The molecular formula is C22H42N2O5S. The number of rotatable bonds is 15. The van der Waals surface area contributed by atoms with Gasteiger partial charge in [-0.1, -0.05) is 41.5 Å². The molecule has 0 aromatic heterocycles. The fourth-order valence-corrected chi connectivity index (χ4v) is 3.68. The summed E-state index contributed by atoms with van der Waals surface area (Å²) in [6.07, 6.45) is 2.86. The number of nitrogens with one attached hydrogen (secondary N) is 2. The fourth-order valence-electron chi connectivity index (χ4n) is 2.31. The topological polar surface area (TPSA) is 105 Å². The Bertz CT molecular complexity index is 527. The van der Waals surface area contributed by atoms with Gasteiger partial charge < -0.3 is 20.5 Å². The van der Waals surface area contributed by atoms with Crippen molar-refractivity contribution in [2.45, 2.75) is 79.7 Å². The Balaban J connectivity index is 3.87. The van der Waals surface area contributed by atoms with E-state index >= 15 is 0 Å². The third-order valence-corrected chi connectivity index (χ3v) is 5.34. The van der Waals surface area contributed by atoms with Crippen LogP contribution in [0.1, 0.15) is 73.6 Å². The minimum absolute atomic E-state index is 0.00376. The van der Waals surface area contributed by atoms with Gasteiger partial charge in [0.2, 0.25) is 11.8 Å². The van der Waals surface area contributed by atoms with Crippen LogP contribution in [0.15, 0.2) is 0 Å². The Kier molecular flexibility index (Phi) is 14.1. The number of carbonyl (C=O) groups excluding carboxylic acids is 2. The van der Waals surface area contributed by atoms with Gasteiger partial charge in [0.1, 0.15) is 6.04 Å². The first-order valence-corrected chi connectivity index (χ1v) is 11.9. The summed E-state index contributed by atoms with van der Waals surface area (Å²) in [5, 5.41) is 14.7. The van der Waals surface area contributed by atoms with E-state index in [9.17, 15) is 19.5 Å². The Morgan fingerprint density at radius 1 is 0.900 bits per heavy atom. The van der Waals surface area contributed by atoms with Gasteiger partial charge in [-0.3, -0.25) is 9.59 Å². The zero-order valence-electron chi connectivity index (χ0n) is 19.6. The Morgan fingerprint density at radius 2 is 1.53 bits per heavy atom. The Hall–Kier alpha value is -1.28. The van der Waals surface area contributed by atoms with Gasteiger partial charge in [0, 0.05) is 19.4 Å². The van der Waals surface area contributed by atoms with Crippen LogP contribution < -0.4 is 10.6 Å². The van der Waals surface area contributed by atoms with Crippen LogP contribution in [-0.2, 0) is 19.1 Å². The monoisotopic (exact) mass is 446 g/mol. The third kappa shape index (κ3) is 18.7. The maximum absolute atomic E-state index is 12.0. The van der Waals surface area contributed by atoms with Crippen molar-refractivity contribution in [3.05, 3.63) is 0 Å². The van der Waals surface area contributed by atoms with Crippen LogP contribution in [0, 0.1) is 10.8 Å². The molecule has 30 heavy (non-hydrogen) atoms. The number of hydrogen-bond acceptors (Lipinski definition) is 5. The van der Waals surface area contributed by atoms with Crippen molar-refractivity contribution >= 4 is 29.5 Å². The molecule has 0 radical (unpaired) electrons. The second kappa shape index (κ2) is 14.7. The molecule has 0 aliphatic carbocycles. The summed E-state index contributed by atoms with van der Waals surface area (Å²) >= 11 is 1.71. The number of carboxylic acid groups (broad SMARTS) is 1. The van der Waals surface area contributed by atoms with E-state index < -0.39 is 12.0 Å². The predicted octanol–water partition coefficient (Wildman–Crippen LogP) is 3.46. The fraction of sp³-hybridized carbons (Fsp3) is 0.864. The molecule has 0 aromatic rings. The lowest BCUT2D eigenvalue weighted by molar-refractivity contribution is -0.142. The van der Waals surface area contributed by atoms with Gasteiger partial charge in [-0.05, 0) is 41.6 Å². The van der Waals surface area contributed by atoms with E-state index in [1.54, 1.807) is 11.8 Å². The second-order valence-corrected chi connectivity index (χ2v) is 11.2. The molecule has 0 saturated heterocycles. The highest BCUT2D eigenvalue weighted by molar-refractivity contribution is 7.99. The zero-order valence-corrected chi connectivity index (χ0v) is 20.5. The van der Waals surface area contributed by atoms with Gasteiger partial charge in [-0.2, -0.15) is 11.8 Å². The highest BCUT2D eigenvalue weighted by Gasteiger charge is 2.19. The van der Waals surface area contributed by atoms with E-state index in [2.05, 4.69) is 52.2 Å². The highest BCUT2D eigenvalue weighted by atomic mass is 32.2. The summed E-state index contributed by atoms with van der Waals surface area (Å²) in [4.78, 5) is 35.0. The van der Waals surface area contributed by atoms with E-state index in [1.165, 1.54) is 0 Å². The van der Waals surface area contributed by atoms with Crippen LogP contribution in [-0.4, -0.2) is 60.2 Å². The minimum atomic E-state index is -1.02. The molecule has 0 saturated carbocycles. The van der Waals surface area contributed by atoms with E-state index in [0.29, 0.717) is 31.7 Å². The maximum Gasteiger partial charge on any atom is 0.326 e. The summed E-state index contributed by atoms with van der Waals surface area (Å²) in [5.41, 5.74) is 0.392. The van der Waals surface area contributed by atoms with Crippen molar-refractivity contribution in [1.29, 1.82) is 0 Å². The number of amides is 2. The molecule has 0 unspecified atom stereocenters. The van der Waals surface area contributed by atoms with Crippen molar-refractivity contribution in [1.82, 2.24) is 10.6 Å². The van der Waals surface area contributed by atoms with Crippen LogP contribution in [0.5, 0.6) is 0 Å². The van der Waals surface area contributed by atoms with Gasteiger partial charge in [0.05, 0.1) is 13.2 Å². The number of thioether (sulfide) groups is 1. The van der Waals surface area contributed by atoms with E-state index in [-0.39, 0.29) is 35.7 Å². The van der Waals surface area contributed by atoms with E-state index in [0.717, 1.165) is 18.6 Å². The van der Waals surface area contributed by atoms with Gasteiger partial charge in [-0.25, -0.2) is 4.79 Å². The molecule has 0 rings (SSSR count). The number of carbonyl (C=O) groups is 3. The standard InChI is InChI=1S/C22H42N2O5S/c1-21(2,3)10-7-18(25)23-12-14-29-13-8-19(26)24-17(20(27)28)9-15-30-16-11-22(4,5)6/h17H,7-16H2,1-6H3,(H,23,25)(H,24,26)(H,27,28)/t17-/m0/s1. The largest absolute Gasteiger partial charge is 0.480 e. The molecule has 0 spiro atoms. The molecule has 0 aliphatic heterocycles. The molecule has 0 bridgehead atoms. The van der Waals surface area contributed by atoms with Crippen molar-refractivity contribution in [3.8, 4) is 0 Å². The van der Waals surface area contributed by atoms with Crippen LogP contribution in [0.2, 0.25) is 0 Å². The summed E-state index contributed by atoms with van der Waals surface area (Å²) in [7, 11) is 0. The number of hydrogen-bond donors (Lipinski definition) is 3. The number of ether oxygens (including phenoxy) is 1. The molecule has 7 nitrogen and oxygen atoms in total. The second-order valence-electron chi connectivity index (χ2n) is 9.94. The highest BCUT2D eigenvalue weighted by Crippen LogP contribution is 2.22. The molecule has 0 heterocycles. The molecule has 8 heteroatoms. The summed E-state index contributed by atoms with van der Waals surface area (Å²) in [5.74, 6) is 0.314. The van der Waals surface area contributed by atoms with Crippen molar-refractivity contribution in [2.24, 2.45) is 10.8 Å². The Labute approximate surface area is 186 Å². The zero-order chi connectivity index (χ0) is 23.2. The third-order valence-electron chi connectivity index (χ3n) is 4.32.